The molecule has 0 unspecified atom stereocenters. The first-order valence-electron chi connectivity index (χ1n) is 11.5. The Morgan fingerprint density at radius 2 is 1.76 bits per heavy atom. The van der Waals surface area contributed by atoms with Gasteiger partial charge in [0.1, 0.15) is 10.6 Å². The maximum atomic E-state index is 13.6. The summed E-state index contributed by atoms with van der Waals surface area (Å²) in [4.78, 5) is 28.2. The van der Waals surface area contributed by atoms with Gasteiger partial charge in [-0.15, -0.1) is 0 Å². The smallest absolute Gasteiger partial charge is 0.270 e. The van der Waals surface area contributed by atoms with Crippen molar-refractivity contribution in [2.45, 2.75) is 44.4 Å². The Kier molecular flexibility index (Phi) is 6.89. The number of carbonyl (C=O) groups excluding carboxylic acids is 1. The first-order chi connectivity index (χ1) is 16.2. The monoisotopic (exact) mass is 491 g/mol. The number of hydrogen-bond donors (Lipinski definition) is 0. The summed E-state index contributed by atoms with van der Waals surface area (Å²) in [6, 6.07) is 4.43. The molecule has 0 aliphatic carbocycles. The third-order valence-electron chi connectivity index (χ3n) is 6.43. The fraction of sp³-hybridized carbons (Fsp3) is 0.545. The van der Waals surface area contributed by atoms with Crippen LogP contribution in [0.1, 0.15) is 47.5 Å². The van der Waals surface area contributed by atoms with E-state index in [-0.39, 0.29) is 47.4 Å². The van der Waals surface area contributed by atoms with Crippen molar-refractivity contribution in [1.29, 1.82) is 0 Å². The summed E-state index contributed by atoms with van der Waals surface area (Å²) < 4.78 is 32.8. The SMILES string of the molecule is Cc1noc(C)c1S(=O)(=O)N1CCCN(C(=O)c2cc([N+](=O)[O-])ccc2N2CCCCC2)CC1. The molecule has 2 aliphatic heterocycles. The molecule has 0 spiro atoms. The quantitative estimate of drug-likeness (QED) is 0.461. The highest BCUT2D eigenvalue weighted by Crippen LogP contribution is 2.30. The van der Waals surface area contributed by atoms with Crippen LogP contribution in [0.4, 0.5) is 11.4 Å². The molecule has 3 heterocycles. The summed E-state index contributed by atoms with van der Waals surface area (Å²) in [5.41, 5.74) is 1.15. The summed E-state index contributed by atoms with van der Waals surface area (Å²) >= 11 is 0. The maximum Gasteiger partial charge on any atom is 0.270 e. The predicted molar refractivity (Wildman–Crippen MR) is 124 cm³/mol. The number of amides is 1. The molecule has 0 atom stereocenters. The Morgan fingerprint density at radius 1 is 1.03 bits per heavy atom. The van der Waals surface area contributed by atoms with E-state index < -0.39 is 14.9 Å². The first-order valence-corrected chi connectivity index (χ1v) is 12.9. The van der Waals surface area contributed by atoms with E-state index in [0.717, 1.165) is 32.4 Å². The van der Waals surface area contributed by atoms with Gasteiger partial charge in [-0.1, -0.05) is 5.16 Å². The molecule has 0 radical (unpaired) electrons. The van der Waals surface area contributed by atoms with Gasteiger partial charge >= 0.3 is 0 Å². The molecular weight excluding hydrogens is 462 g/mol. The first kappa shape index (κ1) is 24.1. The van der Waals surface area contributed by atoms with Crippen molar-refractivity contribution in [3.63, 3.8) is 0 Å². The van der Waals surface area contributed by atoms with Crippen LogP contribution in [-0.2, 0) is 10.0 Å². The lowest BCUT2D eigenvalue weighted by Gasteiger charge is -2.31. The molecule has 12 heteroatoms. The number of anilines is 1. The van der Waals surface area contributed by atoms with E-state index in [9.17, 15) is 23.3 Å². The summed E-state index contributed by atoms with van der Waals surface area (Å²) in [7, 11) is -3.82. The van der Waals surface area contributed by atoms with Gasteiger partial charge in [0.05, 0.1) is 16.2 Å². The van der Waals surface area contributed by atoms with Crippen molar-refractivity contribution in [1.82, 2.24) is 14.4 Å². The molecule has 1 aromatic carbocycles. The van der Waals surface area contributed by atoms with Crippen molar-refractivity contribution in [2.24, 2.45) is 0 Å². The molecule has 0 saturated carbocycles. The largest absolute Gasteiger partial charge is 0.371 e. The van der Waals surface area contributed by atoms with Crippen molar-refractivity contribution in [3.05, 3.63) is 45.3 Å². The summed E-state index contributed by atoms with van der Waals surface area (Å²) in [5.74, 6) is -0.0849. The minimum Gasteiger partial charge on any atom is -0.371 e. The van der Waals surface area contributed by atoms with Crippen LogP contribution in [0.15, 0.2) is 27.6 Å². The zero-order chi connectivity index (χ0) is 24.5. The fourth-order valence-corrected chi connectivity index (χ4v) is 6.46. The second-order valence-electron chi connectivity index (χ2n) is 8.71. The van der Waals surface area contributed by atoms with Crippen molar-refractivity contribution < 1.29 is 22.7 Å². The summed E-state index contributed by atoms with van der Waals surface area (Å²) in [6.45, 7) is 5.64. The van der Waals surface area contributed by atoms with Gasteiger partial charge in [0.15, 0.2) is 5.76 Å². The molecule has 11 nitrogen and oxygen atoms in total. The lowest BCUT2D eigenvalue weighted by molar-refractivity contribution is -0.384. The minimum absolute atomic E-state index is 0.0679. The molecule has 1 aromatic heterocycles. The Morgan fingerprint density at radius 3 is 2.41 bits per heavy atom. The van der Waals surface area contributed by atoms with Gasteiger partial charge in [0.25, 0.3) is 11.6 Å². The molecule has 2 saturated heterocycles. The van der Waals surface area contributed by atoms with E-state index in [0.29, 0.717) is 24.3 Å². The Labute approximate surface area is 198 Å². The van der Waals surface area contributed by atoms with Crippen LogP contribution in [0.5, 0.6) is 0 Å². The normalized spacial score (nSPS) is 18.1. The molecule has 1 amide bonds. The van der Waals surface area contributed by atoms with E-state index in [1.807, 2.05) is 0 Å². The van der Waals surface area contributed by atoms with Gasteiger partial charge in [0, 0.05) is 51.4 Å². The van der Waals surface area contributed by atoms with E-state index in [4.69, 9.17) is 4.52 Å². The second kappa shape index (κ2) is 9.71. The van der Waals surface area contributed by atoms with Gasteiger partial charge < -0.3 is 14.3 Å². The predicted octanol–water partition coefficient (Wildman–Crippen LogP) is 2.73. The molecule has 0 bridgehead atoms. The second-order valence-corrected chi connectivity index (χ2v) is 10.6. The molecule has 2 aliphatic rings. The van der Waals surface area contributed by atoms with Gasteiger partial charge in [-0.2, -0.15) is 4.31 Å². The molecule has 0 N–H and O–H groups in total. The van der Waals surface area contributed by atoms with Crippen LogP contribution >= 0.6 is 0 Å². The van der Waals surface area contributed by atoms with Crippen LogP contribution in [0.2, 0.25) is 0 Å². The van der Waals surface area contributed by atoms with Gasteiger partial charge in [-0.3, -0.25) is 14.9 Å². The van der Waals surface area contributed by atoms with Crippen molar-refractivity contribution in [2.75, 3.05) is 44.2 Å². The van der Waals surface area contributed by atoms with Crippen LogP contribution < -0.4 is 4.90 Å². The fourth-order valence-electron chi connectivity index (χ4n) is 4.70. The number of hydrogen-bond acceptors (Lipinski definition) is 8. The highest BCUT2D eigenvalue weighted by Gasteiger charge is 2.34. The average Bonchev–Trinajstić information content (AvgIpc) is 3.01. The van der Waals surface area contributed by atoms with E-state index in [1.54, 1.807) is 24.8 Å². The standard InChI is InChI=1S/C22H29N5O6S/c1-16-21(17(2)33-23-16)34(31,32)26-12-6-11-25(13-14-26)22(28)19-15-18(27(29)30)7-8-20(19)24-9-4-3-5-10-24/h7-8,15H,3-6,9-14H2,1-2H3. The number of nitro groups is 1. The number of sulfonamides is 1. The average molecular weight is 492 g/mol. The van der Waals surface area contributed by atoms with E-state index in [1.165, 1.54) is 16.4 Å². The topological polar surface area (TPSA) is 130 Å². The lowest BCUT2D eigenvalue weighted by Crippen LogP contribution is -2.38. The number of aryl methyl sites for hydroxylation is 2. The maximum absolute atomic E-state index is 13.6. The van der Waals surface area contributed by atoms with Gasteiger partial charge in [-0.25, -0.2) is 8.42 Å². The Hall–Kier alpha value is -2.99. The third-order valence-corrected chi connectivity index (χ3v) is 8.57. The summed E-state index contributed by atoms with van der Waals surface area (Å²) in [6.07, 6.45) is 3.57. The zero-order valence-corrected chi connectivity index (χ0v) is 20.2. The molecule has 2 fully saturated rings. The highest BCUT2D eigenvalue weighted by molar-refractivity contribution is 7.89. The van der Waals surface area contributed by atoms with E-state index >= 15 is 0 Å². The molecule has 184 valence electrons. The molecule has 2 aromatic rings. The number of rotatable bonds is 5. The van der Waals surface area contributed by atoms with Crippen molar-refractivity contribution >= 4 is 27.3 Å². The number of carbonyl (C=O) groups is 1. The number of benzene rings is 1. The minimum atomic E-state index is -3.82. The number of piperidine rings is 1. The molecular formula is C22H29N5O6S. The number of aromatic nitrogens is 1. The Balaban J connectivity index is 1.58. The van der Waals surface area contributed by atoms with Gasteiger partial charge in [0.2, 0.25) is 10.0 Å². The number of nitrogens with zero attached hydrogens (tertiary/aromatic N) is 5. The third kappa shape index (κ3) is 4.64. The van der Waals surface area contributed by atoms with Crippen molar-refractivity contribution in [3.8, 4) is 0 Å². The van der Waals surface area contributed by atoms with Crippen LogP contribution in [0.25, 0.3) is 0 Å². The van der Waals surface area contributed by atoms with Crippen LogP contribution in [0.3, 0.4) is 0 Å². The van der Waals surface area contributed by atoms with Crippen LogP contribution in [-0.4, -0.2) is 72.9 Å². The highest BCUT2D eigenvalue weighted by atomic mass is 32.2. The van der Waals surface area contributed by atoms with Crippen LogP contribution in [0, 0.1) is 24.0 Å². The molecule has 34 heavy (non-hydrogen) atoms. The summed E-state index contributed by atoms with van der Waals surface area (Å²) in [5, 5.41) is 15.2. The lowest BCUT2D eigenvalue weighted by atomic mass is 10.1. The van der Waals surface area contributed by atoms with E-state index in [2.05, 4.69) is 10.1 Å². The molecule has 4 rings (SSSR count). The number of non-ortho nitro benzene ring substituents is 1. The Bertz CT molecular complexity index is 1170. The van der Waals surface area contributed by atoms with Gasteiger partial charge in [-0.05, 0) is 45.6 Å². The zero-order valence-electron chi connectivity index (χ0n) is 19.4. The number of nitro benzene ring substituents is 1.